The van der Waals surface area contributed by atoms with Crippen LogP contribution >= 0.6 is 0 Å². The van der Waals surface area contributed by atoms with Crippen molar-refractivity contribution >= 4 is 17.6 Å². The van der Waals surface area contributed by atoms with Crippen LogP contribution in [0.1, 0.15) is 99.5 Å². The summed E-state index contributed by atoms with van der Waals surface area (Å²) >= 11 is 0. The van der Waals surface area contributed by atoms with Crippen LogP contribution < -0.4 is 20.1 Å². The van der Waals surface area contributed by atoms with Gasteiger partial charge in [-0.25, -0.2) is 0 Å². The van der Waals surface area contributed by atoms with E-state index in [4.69, 9.17) is 9.47 Å². The van der Waals surface area contributed by atoms with Gasteiger partial charge in [0, 0.05) is 48.7 Å². The minimum Gasteiger partial charge on any atom is -0.497 e. The molecule has 0 aromatic heterocycles. The Labute approximate surface area is 257 Å². The van der Waals surface area contributed by atoms with Crippen LogP contribution in [0.2, 0.25) is 0 Å². The number of hydrogen-bond acceptors (Lipinski definition) is 6. The van der Waals surface area contributed by atoms with Gasteiger partial charge < -0.3 is 25.0 Å². The van der Waals surface area contributed by atoms with Gasteiger partial charge in [0.15, 0.2) is 5.78 Å². The number of carbonyl (C=O) groups is 3. The largest absolute Gasteiger partial charge is 0.497 e. The summed E-state index contributed by atoms with van der Waals surface area (Å²) in [5.74, 6) is 1.43. The van der Waals surface area contributed by atoms with Gasteiger partial charge in [0.1, 0.15) is 11.5 Å². The van der Waals surface area contributed by atoms with Gasteiger partial charge in [-0.1, -0.05) is 70.6 Å². The molecular formula is C35H51N3O5. The molecule has 4 rings (SSSR count). The lowest BCUT2D eigenvalue weighted by atomic mass is 9.90. The molecule has 1 atom stereocenters. The molecule has 1 aliphatic carbocycles. The molecule has 43 heavy (non-hydrogen) atoms. The van der Waals surface area contributed by atoms with E-state index in [-0.39, 0.29) is 42.5 Å². The van der Waals surface area contributed by atoms with E-state index in [0.717, 1.165) is 42.0 Å². The maximum absolute atomic E-state index is 12.9. The van der Waals surface area contributed by atoms with E-state index < -0.39 is 0 Å². The quantitative estimate of drug-likeness (QED) is 0.319. The van der Waals surface area contributed by atoms with Gasteiger partial charge in [-0.15, -0.1) is 0 Å². The second-order valence-electron chi connectivity index (χ2n) is 11.7. The number of benzene rings is 2. The Morgan fingerprint density at radius 3 is 2.21 bits per heavy atom. The van der Waals surface area contributed by atoms with E-state index in [1.807, 2.05) is 56.0 Å². The number of carbonyl (C=O) groups excluding carboxylic acids is 3. The van der Waals surface area contributed by atoms with Gasteiger partial charge in [0.2, 0.25) is 5.91 Å². The first-order valence-corrected chi connectivity index (χ1v) is 16.0. The molecule has 1 aliphatic heterocycles. The number of Topliss-reactive ketones (excluding diaryl/α,β-unsaturated/α-hetero) is 1. The van der Waals surface area contributed by atoms with Crippen LogP contribution in [-0.2, 0) is 16.1 Å². The summed E-state index contributed by atoms with van der Waals surface area (Å²) in [5, 5.41) is 5.94. The maximum Gasteiger partial charge on any atom is 0.251 e. The van der Waals surface area contributed by atoms with Gasteiger partial charge in [-0.2, -0.15) is 0 Å². The second-order valence-corrected chi connectivity index (χ2v) is 11.7. The number of piperidine rings is 1. The summed E-state index contributed by atoms with van der Waals surface area (Å²) in [6, 6.07) is 13.2. The summed E-state index contributed by atoms with van der Waals surface area (Å²) in [6.07, 6.45) is 10.9. The third-order valence-electron chi connectivity index (χ3n) is 8.15. The highest BCUT2D eigenvalue weighted by molar-refractivity contribution is 5.97. The summed E-state index contributed by atoms with van der Waals surface area (Å²) in [7, 11) is 1.62. The molecule has 2 amide bonds. The molecule has 2 N–H and O–H groups in total. The lowest BCUT2D eigenvalue weighted by Gasteiger charge is -2.33. The van der Waals surface area contributed by atoms with Gasteiger partial charge >= 0.3 is 0 Å². The highest BCUT2D eigenvalue weighted by atomic mass is 16.5. The number of amides is 2. The molecule has 2 aromatic rings. The van der Waals surface area contributed by atoms with Crippen molar-refractivity contribution in [1.29, 1.82) is 0 Å². The molecule has 236 valence electrons. The average molecular weight is 594 g/mol. The topological polar surface area (TPSA) is 97.0 Å². The number of likely N-dealkylation sites (tertiary alicyclic amines) is 1. The Morgan fingerprint density at radius 1 is 0.930 bits per heavy atom. The predicted octanol–water partition coefficient (Wildman–Crippen LogP) is 5.89. The van der Waals surface area contributed by atoms with E-state index >= 15 is 0 Å². The minimum atomic E-state index is -0.253. The average Bonchev–Trinajstić information content (AvgIpc) is 3.05. The fourth-order valence-electron chi connectivity index (χ4n) is 5.43. The molecule has 2 aliphatic rings. The molecule has 0 spiro atoms. The number of nitrogens with zero attached hydrogens (tertiary/aromatic N) is 1. The van der Waals surface area contributed by atoms with E-state index in [1.165, 1.54) is 38.5 Å². The first-order chi connectivity index (χ1) is 20.8. The van der Waals surface area contributed by atoms with Crippen molar-refractivity contribution < 1.29 is 23.9 Å². The van der Waals surface area contributed by atoms with Crippen LogP contribution in [0.3, 0.4) is 0 Å². The molecule has 0 radical (unpaired) electrons. The van der Waals surface area contributed by atoms with Crippen molar-refractivity contribution in [3.8, 4) is 11.5 Å². The number of ether oxygens (including phenoxy) is 2. The molecular weight excluding hydrogens is 542 g/mol. The van der Waals surface area contributed by atoms with Crippen molar-refractivity contribution in [2.45, 2.75) is 84.6 Å². The SMILES string of the molecule is C1CCCCC1.CCOc1cc(OC)ccc1CNCC(=O)N1CCCC(c2ccc(C(=O)NCC(=O)C(C)C)cc2)C1. The highest BCUT2D eigenvalue weighted by Crippen LogP contribution is 2.28. The van der Waals surface area contributed by atoms with Crippen LogP contribution in [0.5, 0.6) is 11.5 Å². The summed E-state index contributed by atoms with van der Waals surface area (Å²) in [6.45, 7) is 8.33. The molecule has 0 bridgehead atoms. The summed E-state index contributed by atoms with van der Waals surface area (Å²) < 4.78 is 11.0. The number of hydrogen-bond donors (Lipinski definition) is 2. The summed E-state index contributed by atoms with van der Waals surface area (Å²) in [4.78, 5) is 39.0. The Hall–Kier alpha value is -3.39. The van der Waals surface area contributed by atoms with Crippen molar-refractivity contribution in [2.75, 3.05) is 39.9 Å². The molecule has 1 saturated heterocycles. The maximum atomic E-state index is 12.9. The molecule has 1 saturated carbocycles. The third kappa shape index (κ3) is 11.3. The van der Waals surface area contributed by atoms with Crippen LogP contribution in [0.15, 0.2) is 42.5 Å². The zero-order chi connectivity index (χ0) is 31.0. The molecule has 8 heteroatoms. The number of nitrogens with one attached hydrogen (secondary N) is 2. The number of ketones is 1. The Kier molecular flexibility index (Phi) is 14.5. The van der Waals surface area contributed by atoms with Gasteiger partial charge in [0.25, 0.3) is 5.91 Å². The fraction of sp³-hybridized carbons (Fsp3) is 0.571. The zero-order valence-electron chi connectivity index (χ0n) is 26.6. The monoisotopic (exact) mass is 593 g/mol. The summed E-state index contributed by atoms with van der Waals surface area (Å²) in [5.41, 5.74) is 2.61. The van der Waals surface area contributed by atoms with E-state index in [0.29, 0.717) is 25.3 Å². The number of methoxy groups -OCH3 is 1. The minimum absolute atomic E-state index is 0.00477. The molecule has 8 nitrogen and oxygen atoms in total. The number of rotatable bonds is 12. The predicted molar refractivity (Wildman–Crippen MR) is 171 cm³/mol. The molecule has 1 unspecified atom stereocenters. The van der Waals surface area contributed by atoms with Crippen molar-refractivity contribution in [3.05, 3.63) is 59.2 Å². The van der Waals surface area contributed by atoms with Crippen LogP contribution in [-0.4, -0.2) is 62.4 Å². The fourth-order valence-corrected chi connectivity index (χ4v) is 5.43. The first kappa shape index (κ1) is 34.1. The molecule has 1 heterocycles. The Morgan fingerprint density at radius 2 is 1.60 bits per heavy atom. The van der Waals surface area contributed by atoms with Crippen molar-refractivity contribution in [3.63, 3.8) is 0 Å². The highest BCUT2D eigenvalue weighted by Gasteiger charge is 2.25. The normalized spacial score (nSPS) is 16.6. The van der Waals surface area contributed by atoms with Crippen molar-refractivity contribution in [2.24, 2.45) is 5.92 Å². The standard InChI is InChI=1S/C29H39N3O5.C6H12/c1-5-37-27-15-25(36-4)13-12-23(27)16-30-18-28(34)32-14-6-7-24(19-32)21-8-10-22(11-9-21)29(35)31-17-26(33)20(2)3;1-2-4-6-5-3-1/h8-13,15,20,24,30H,5-7,14,16-19H2,1-4H3,(H,31,35);1-6H2. The van der Waals surface area contributed by atoms with Crippen LogP contribution in [0.4, 0.5) is 0 Å². The second kappa shape index (κ2) is 18.3. The molecule has 2 aromatic carbocycles. The van der Waals surface area contributed by atoms with Crippen molar-refractivity contribution in [1.82, 2.24) is 15.5 Å². The first-order valence-electron chi connectivity index (χ1n) is 16.0. The van der Waals surface area contributed by atoms with E-state index in [1.54, 1.807) is 19.2 Å². The van der Waals surface area contributed by atoms with Crippen LogP contribution in [0, 0.1) is 5.92 Å². The lowest BCUT2D eigenvalue weighted by molar-refractivity contribution is -0.131. The van der Waals surface area contributed by atoms with Crippen LogP contribution in [0.25, 0.3) is 0 Å². The Bertz CT molecular complexity index is 1150. The third-order valence-corrected chi connectivity index (χ3v) is 8.15. The Balaban J connectivity index is 0.000000749. The van der Waals surface area contributed by atoms with Gasteiger partial charge in [-0.3, -0.25) is 14.4 Å². The van der Waals surface area contributed by atoms with Gasteiger partial charge in [0.05, 0.1) is 26.8 Å². The van der Waals surface area contributed by atoms with E-state index in [9.17, 15) is 14.4 Å². The smallest absolute Gasteiger partial charge is 0.251 e. The zero-order valence-corrected chi connectivity index (χ0v) is 26.6. The molecule has 2 fully saturated rings. The van der Waals surface area contributed by atoms with E-state index in [2.05, 4.69) is 10.6 Å². The van der Waals surface area contributed by atoms with Gasteiger partial charge in [-0.05, 0) is 43.5 Å². The lowest BCUT2D eigenvalue weighted by Crippen LogP contribution is -2.43.